The standard InChI is InChI=1S/C6H3BrF10O2/c1-18-6(17,3(7,10)11)19-5(15,16)2(8,9)4(12,13)14/h1H3. The molecule has 0 aliphatic carbocycles. The average Bonchev–Trinajstić information content (AvgIpc) is 2.12. The number of ether oxygens (including phenoxy) is 2. The first-order chi connectivity index (χ1) is 8.02. The normalized spacial score (nSPS) is 18.3. The van der Waals surface area contributed by atoms with Crippen LogP contribution in [0.1, 0.15) is 0 Å². The Morgan fingerprint density at radius 3 is 1.37 bits per heavy atom. The highest BCUT2D eigenvalue weighted by atomic mass is 79.9. The minimum atomic E-state index is -6.92. The van der Waals surface area contributed by atoms with Crippen molar-refractivity contribution < 1.29 is 53.4 Å². The number of rotatable bonds is 5. The van der Waals surface area contributed by atoms with Crippen molar-refractivity contribution in [2.75, 3.05) is 7.11 Å². The third-order valence-corrected chi connectivity index (χ3v) is 2.06. The van der Waals surface area contributed by atoms with E-state index in [1.807, 2.05) is 0 Å². The maximum atomic E-state index is 13.0. The lowest BCUT2D eigenvalue weighted by atomic mass is 10.3. The molecular formula is C6H3BrF10O2. The zero-order chi connectivity index (χ0) is 15.9. The maximum Gasteiger partial charge on any atom is 0.462 e. The van der Waals surface area contributed by atoms with Crippen LogP contribution in [0.2, 0.25) is 0 Å². The topological polar surface area (TPSA) is 18.5 Å². The summed E-state index contributed by atoms with van der Waals surface area (Å²) in [5.74, 6) is -6.92. The molecule has 0 N–H and O–H groups in total. The molecule has 0 saturated heterocycles. The van der Waals surface area contributed by atoms with Crippen molar-refractivity contribution in [2.24, 2.45) is 0 Å². The van der Waals surface area contributed by atoms with Crippen LogP contribution < -0.4 is 0 Å². The SMILES string of the molecule is COC(F)(OC(F)(F)C(F)(F)C(F)(F)F)C(F)(F)Br. The third kappa shape index (κ3) is 3.42. The molecule has 19 heavy (non-hydrogen) atoms. The molecule has 0 amide bonds. The van der Waals surface area contributed by atoms with Gasteiger partial charge in [-0.25, -0.2) is 4.74 Å². The summed E-state index contributed by atoms with van der Waals surface area (Å²) in [6.07, 6.45) is -13.5. The van der Waals surface area contributed by atoms with Gasteiger partial charge in [0.2, 0.25) is 0 Å². The minimum Gasteiger partial charge on any atom is -0.322 e. The zero-order valence-corrected chi connectivity index (χ0v) is 10.1. The predicted octanol–water partition coefficient (Wildman–Crippen LogP) is 4.05. The molecule has 13 heteroatoms. The molecule has 0 aliphatic heterocycles. The van der Waals surface area contributed by atoms with Crippen LogP contribution in [0.3, 0.4) is 0 Å². The molecule has 0 rings (SSSR count). The minimum absolute atomic E-state index is 0.0169. The quantitative estimate of drug-likeness (QED) is 0.409. The highest BCUT2D eigenvalue weighted by Gasteiger charge is 2.78. The van der Waals surface area contributed by atoms with Crippen LogP contribution in [0.4, 0.5) is 43.9 Å². The molecule has 0 aromatic heterocycles. The number of hydrogen-bond donors (Lipinski definition) is 0. The fourth-order valence-electron chi connectivity index (χ4n) is 0.609. The van der Waals surface area contributed by atoms with Crippen LogP contribution >= 0.6 is 15.9 Å². The molecule has 1 atom stereocenters. The van der Waals surface area contributed by atoms with Crippen molar-refractivity contribution in [3.63, 3.8) is 0 Å². The summed E-state index contributed by atoms with van der Waals surface area (Å²) in [4.78, 5) is -5.13. The highest BCUT2D eigenvalue weighted by Crippen LogP contribution is 2.51. The van der Waals surface area contributed by atoms with Gasteiger partial charge in [0.05, 0.1) is 0 Å². The number of methoxy groups -OCH3 is 1. The molecule has 0 aromatic carbocycles. The Bertz CT molecular complexity index is 323. The van der Waals surface area contributed by atoms with Gasteiger partial charge < -0.3 is 4.74 Å². The van der Waals surface area contributed by atoms with Gasteiger partial charge in [-0.3, -0.25) is 0 Å². The van der Waals surface area contributed by atoms with Gasteiger partial charge >= 0.3 is 29.1 Å². The first-order valence-electron chi connectivity index (χ1n) is 3.85. The molecule has 2 nitrogen and oxygen atoms in total. The lowest BCUT2D eigenvalue weighted by Crippen LogP contribution is -2.59. The molecule has 0 saturated carbocycles. The fourth-order valence-corrected chi connectivity index (χ4v) is 0.852. The van der Waals surface area contributed by atoms with Crippen molar-refractivity contribution in [1.29, 1.82) is 0 Å². The van der Waals surface area contributed by atoms with Crippen molar-refractivity contribution in [3.05, 3.63) is 0 Å². The van der Waals surface area contributed by atoms with E-state index >= 15 is 0 Å². The summed E-state index contributed by atoms with van der Waals surface area (Å²) in [6.45, 7) is 0. The van der Waals surface area contributed by atoms with E-state index in [1.54, 1.807) is 0 Å². The third-order valence-electron chi connectivity index (χ3n) is 1.58. The molecule has 0 aliphatic rings. The monoisotopic (exact) mass is 376 g/mol. The summed E-state index contributed by atoms with van der Waals surface area (Å²) < 4.78 is 128. The van der Waals surface area contributed by atoms with E-state index in [0.717, 1.165) is 15.9 Å². The lowest BCUT2D eigenvalue weighted by Gasteiger charge is -2.34. The van der Waals surface area contributed by atoms with Crippen molar-refractivity contribution in [3.8, 4) is 0 Å². The van der Waals surface area contributed by atoms with Crippen LogP contribution in [-0.2, 0) is 9.47 Å². The summed E-state index contributed by atoms with van der Waals surface area (Å²) >= 11 is 1.11. The van der Waals surface area contributed by atoms with E-state index in [2.05, 4.69) is 9.47 Å². The first-order valence-corrected chi connectivity index (χ1v) is 4.64. The Morgan fingerprint density at radius 1 is 0.789 bits per heavy atom. The number of alkyl halides is 11. The van der Waals surface area contributed by atoms with Gasteiger partial charge in [-0.1, -0.05) is 0 Å². The molecule has 0 radical (unpaired) electrons. The van der Waals surface area contributed by atoms with E-state index in [9.17, 15) is 43.9 Å². The Morgan fingerprint density at radius 2 is 1.16 bits per heavy atom. The van der Waals surface area contributed by atoms with Gasteiger partial charge in [-0.05, 0) is 15.9 Å². The zero-order valence-electron chi connectivity index (χ0n) is 8.47. The molecular weight excluding hydrogens is 374 g/mol. The van der Waals surface area contributed by atoms with E-state index in [4.69, 9.17) is 0 Å². The van der Waals surface area contributed by atoms with Crippen LogP contribution in [-0.4, -0.2) is 36.2 Å². The Balaban J connectivity index is 5.48. The summed E-state index contributed by atoms with van der Waals surface area (Å²) in [7, 11) is -0.0169. The second kappa shape index (κ2) is 4.91. The van der Waals surface area contributed by atoms with Crippen molar-refractivity contribution in [2.45, 2.75) is 29.1 Å². The van der Waals surface area contributed by atoms with Crippen LogP contribution in [0, 0.1) is 0 Å². The fraction of sp³-hybridized carbons (Fsp3) is 1.00. The molecule has 1 unspecified atom stereocenters. The summed E-state index contributed by atoms with van der Waals surface area (Å²) in [5.41, 5.74) is 0. The molecule has 0 fully saturated rings. The van der Waals surface area contributed by atoms with Crippen molar-refractivity contribution >= 4 is 15.9 Å². The Kier molecular flexibility index (Phi) is 4.83. The predicted molar refractivity (Wildman–Crippen MR) is 41.8 cm³/mol. The number of hydrogen-bond acceptors (Lipinski definition) is 2. The van der Waals surface area contributed by atoms with Gasteiger partial charge in [0.25, 0.3) is 0 Å². The summed E-state index contributed by atoms with van der Waals surface area (Å²) in [5, 5.41) is 0. The van der Waals surface area contributed by atoms with E-state index in [-0.39, 0.29) is 7.11 Å². The van der Waals surface area contributed by atoms with E-state index < -0.39 is 29.1 Å². The van der Waals surface area contributed by atoms with Gasteiger partial charge in [-0.15, -0.1) is 0 Å². The highest BCUT2D eigenvalue weighted by molar-refractivity contribution is 9.10. The molecule has 116 valence electrons. The second-order valence-electron chi connectivity index (χ2n) is 2.93. The van der Waals surface area contributed by atoms with Gasteiger partial charge in [0, 0.05) is 7.11 Å². The second-order valence-corrected chi connectivity index (χ2v) is 3.93. The van der Waals surface area contributed by atoms with Gasteiger partial charge in [-0.2, -0.15) is 43.9 Å². The van der Waals surface area contributed by atoms with Crippen LogP contribution in [0.25, 0.3) is 0 Å². The maximum absolute atomic E-state index is 13.0. The average molecular weight is 377 g/mol. The number of halogens is 11. The first kappa shape index (κ1) is 18.7. The molecule has 0 heterocycles. The van der Waals surface area contributed by atoms with Gasteiger partial charge in [0.15, 0.2) is 0 Å². The van der Waals surface area contributed by atoms with E-state index in [1.165, 1.54) is 0 Å². The molecule has 0 spiro atoms. The largest absolute Gasteiger partial charge is 0.462 e. The van der Waals surface area contributed by atoms with Crippen LogP contribution in [0.15, 0.2) is 0 Å². The smallest absolute Gasteiger partial charge is 0.322 e. The molecule has 0 aromatic rings. The van der Waals surface area contributed by atoms with E-state index in [0.29, 0.717) is 0 Å². The van der Waals surface area contributed by atoms with Crippen LogP contribution in [0.5, 0.6) is 0 Å². The lowest BCUT2D eigenvalue weighted by molar-refractivity contribution is -0.504. The van der Waals surface area contributed by atoms with Crippen molar-refractivity contribution in [1.82, 2.24) is 0 Å². The Hall–Kier alpha value is -0.300. The molecule has 0 bridgehead atoms. The Labute approximate surface area is 106 Å². The summed E-state index contributed by atoms with van der Waals surface area (Å²) in [6, 6.07) is -5.26. The van der Waals surface area contributed by atoms with Gasteiger partial charge in [0.1, 0.15) is 0 Å².